The van der Waals surface area contributed by atoms with Gasteiger partial charge in [0.2, 0.25) is 11.8 Å². The number of rotatable bonds is 2. The van der Waals surface area contributed by atoms with E-state index in [0.29, 0.717) is 11.8 Å². The summed E-state index contributed by atoms with van der Waals surface area (Å²) in [6.07, 6.45) is 3.75. The van der Waals surface area contributed by atoms with E-state index >= 15 is 0 Å². The number of hydrogen-bond donors (Lipinski definition) is 0. The van der Waals surface area contributed by atoms with Gasteiger partial charge in [-0.25, -0.2) is 0 Å². The standard InChI is InChI=1S/C6H8N2OS/c1-5-7-8-6(9-5)3-4-10-2/h3-4H,1-2H3/b4-3+. The van der Waals surface area contributed by atoms with Gasteiger partial charge in [-0.15, -0.1) is 22.0 Å². The monoisotopic (exact) mass is 156 g/mol. The molecule has 0 aliphatic heterocycles. The van der Waals surface area contributed by atoms with Crippen molar-refractivity contribution in [1.82, 2.24) is 10.2 Å². The highest BCUT2D eigenvalue weighted by Gasteiger charge is 1.94. The van der Waals surface area contributed by atoms with Crippen LogP contribution in [0.1, 0.15) is 11.8 Å². The lowest BCUT2D eigenvalue weighted by atomic mass is 10.6. The summed E-state index contributed by atoms with van der Waals surface area (Å²) in [7, 11) is 0. The Kier molecular flexibility index (Phi) is 2.50. The van der Waals surface area contributed by atoms with Crippen LogP contribution in [0, 0.1) is 6.92 Å². The largest absolute Gasteiger partial charge is 0.422 e. The maximum absolute atomic E-state index is 5.06. The van der Waals surface area contributed by atoms with Gasteiger partial charge < -0.3 is 4.42 Å². The van der Waals surface area contributed by atoms with Crippen molar-refractivity contribution < 1.29 is 4.42 Å². The molecule has 0 bridgehead atoms. The second kappa shape index (κ2) is 3.41. The Bertz CT molecular complexity index is 231. The average Bonchev–Trinajstić information content (AvgIpc) is 2.31. The van der Waals surface area contributed by atoms with Gasteiger partial charge in [0, 0.05) is 13.0 Å². The lowest BCUT2D eigenvalue weighted by Gasteiger charge is -1.77. The summed E-state index contributed by atoms with van der Waals surface area (Å²) < 4.78 is 5.06. The van der Waals surface area contributed by atoms with Crippen LogP contribution < -0.4 is 0 Å². The Balaban J connectivity index is 2.67. The normalized spacial score (nSPS) is 11.0. The number of nitrogens with zero attached hydrogens (tertiary/aromatic N) is 2. The first-order valence-corrected chi connectivity index (χ1v) is 4.11. The molecule has 1 aromatic rings. The number of aryl methyl sites for hydroxylation is 1. The fraction of sp³-hybridized carbons (Fsp3) is 0.333. The predicted octanol–water partition coefficient (Wildman–Crippen LogP) is 1.71. The topological polar surface area (TPSA) is 38.9 Å². The molecule has 0 aliphatic carbocycles. The van der Waals surface area contributed by atoms with E-state index in [4.69, 9.17) is 4.42 Å². The van der Waals surface area contributed by atoms with Gasteiger partial charge >= 0.3 is 0 Å². The molecule has 0 aliphatic rings. The molecule has 10 heavy (non-hydrogen) atoms. The summed E-state index contributed by atoms with van der Waals surface area (Å²) in [4.78, 5) is 0. The van der Waals surface area contributed by atoms with Crippen molar-refractivity contribution in [2.45, 2.75) is 6.92 Å². The summed E-state index contributed by atoms with van der Waals surface area (Å²) in [5, 5.41) is 9.32. The SMILES string of the molecule is CS/C=C/c1nnc(C)o1. The lowest BCUT2D eigenvalue weighted by Crippen LogP contribution is -1.69. The zero-order valence-corrected chi connectivity index (χ0v) is 6.68. The number of aromatic nitrogens is 2. The summed E-state index contributed by atoms with van der Waals surface area (Å²) in [6, 6.07) is 0. The molecular weight excluding hydrogens is 148 g/mol. The van der Waals surface area contributed by atoms with Crippen LogP contribution in [0.3, 0.4) is 0 Å². The van der Waals surface area contributed by atoms with E-state index in [1.165, 1.54) is 0 Å². The third-order valence-corrected chi connectivity index (χ3v) is 1.30. The Morgan fingerprint density at radius 3 is 2.80 bits per heavy atom. The molecule has 4 heteroatoms. The Hall–Kier alpha value is -0.770. The van der Waals surface area contributed by atoms with E-state index in [2.05, 4.69) is 10.2 Å². The minimum absolute atomic E-state index is 0.562. The smallest absolute Gasteiger partial charge is 0.241 e. The average molecular weight is 156 g/mol. The summed E-state index contributed by atoms with van der Waals surface area (Å²) in [6.45, 7) is 1.77. The zero-order valence-electron chi connectivity index (χ0n) is 5.87. The van der Waals surface area contributed by atoms with E-state index in [-0.39, 0.29) is 0 Å². The fourth-order valence-corrected chi connectivity index (χ4v) is 0.758. The van der Waals surface area contributed by atoms with Gasteiger partial charge in [-0.05, 0) is 11.7 Å². The summed E-state index contributed by atoms with van der Waals surface area (Å²) in [5.41, 5.74) is 0. The molecule has 0 saturated carbocycles. The highest BCUT2D eigenvalue weighted by atomic mass is 32.2. The van der Waals surface area contributed by atoms with Crippen LogP contribution in [0.2, 0.25) is 0 Å². The Labute approximate surface area is 63.5 Å². The second-order valence-corrected chi connectivity index (χ2v) is 2.44. The van der Waals surface area contributed by atoms with Crippen molar-refractivity contribution in [2.75, 3.05) is 6.26 Å². The van der Waals surface area contributed by atoms with Gasteiger partial charge in [-0.2, -0.15) is 0 Å². The first-order valence-electron chi connectivity index (χ1n) is 2.82. The van der Waals surface area contributed by atoms with Crippen molar-refractivity contribution in [3.63, 3.8) is 0 Å². The lowest BCUT2D eigenvalue weighted by molar-refractivity contribution is 0.509. The van der Waals surface area contributed by atoms with Crippen molar-refractivity contribution >= 4 is 17.8 Å². The Morgan fingerprint density at radius 2 is 2.30 bits per heavy atom. The summed E-state index contributed by atoms with van der Waals surface area (Å²) in [5.74, 6) is 1.16. The molecule has 0 fully saturated rings. The minimum Gasteiger partial charge on any atom is -0.422 e. The third-order valence-electron chi connectivity index (χ3n) is 0.888. The molecule has 1 aromatic heterocycles. The molecule has 0 unspecified atom stereocenters. The van der Waals surface area contributed by atoms with Crippen LogP contribution in [0.5, 0.6) is 0 Å². The highest BCUT2D eigenvalue weighted by Crippen LogP contribution is 2.03. The van der Waals surface area contributed by atoms with E-state index in [1.807, 2.05) is 11.7 Å². The fourth-order valence-electron chi connectivity index (χ4n) is 0.505. The van der Waals surface area contributed by atoms with Crippen molar-refractivity contribution in [3.8, 4) is 0 Å². The summed E-state index contributed by atoms with van der Waals surface area (Å²) >= 11 is 1.60. The van der Waals surface area contributed by atoms with E-state index in [9.17, 15) is 0 Å². The Morgan fingerprint density at radius 1 is 1.50 bits per heavy atom. The first-order chi connectivity index (χ1) is 4.83. The van der Waals surface area contributed by atoms with Crippen LogP contribution in [0.25, 0.3) is 6.08 Å². The molecule has 54 valence electrons. The van der Waals surface area contributed by atoms with Crippen LogP contribution in [0.4, 0.5) is 0 Å². The highest BCUT2D eigenvalue weighted by molar-refractivity contribution is 8.01. The van der Waals surface area contributed by atoms with Gasteiger partial charge in [0.15, 0.2) is 0 Å². The van der Waals surface area contributed by atoms with E-state index in [0.717, 1.165) is 0 Å². The quantitative estimate of drug-likeness (QED) is 0.653. The van der Waals surface area contributed by atoms with E-state index in [1.54, 1.807) is 24.8 Å². The molecule has 0 radical (unpaired) electrons. The van der Waals surface area contributed by atoms with Gasteiger partial charge in [0.1, 0.15) is 0 Å². The molecule has 0 amide bonds. The molecule has 1 heterocycles. The van der Waals surface area contributed by atoms with Crippen LogP contribution in [-0.4, -0.2) is 16.5 Å². The number of hydrogen-bond acceptors (Lipinski definition) is 4. The molecule has 0 atom stereocenters. The van der Waals surface area contributed by atoms with Crippen LogP contribution >= 0.6 is 11.8 Å². The van der Waals surface area contributed by atoms with Crippen LogP contribution in [0.15, 0.2) is 9.83 Å². The van der Waals surface area contributed by atoms with Crippen molar-refractivity contribution in [3.05, 3.63) is 17.2 Å². The number of thioether (sulfide) groups is 1. The van der Waals surface area contributed by atoms with Gasteiger partial charge in [0.05, 0.1) is 0 Å². The van der Waals surface area contributed by atoms with Crippen molar-refractivity contribution in [1.29, 1.82) is 0 Å². The molecule has 0 saturated heterocycles. The van der Waals surface area contributed by atoms with Crippen LogP contribution in [-0.2, 0) is 0 Å². The molecular formula is C6H8N2OS. The maximum Gasteiger partial charge on any atom is 0.241 e. The molecule has 1 rings (SSSR count). The minimum atomic E-state index is 0.562. The molecule has 3 nitrogen and oxygen atoms in total. The zero-order chi connectivity index (χ0) is 7.40. The first kappa shape index (κ1) is 7.34. The van der Waals surface area contributed by atoms with Gasteiger partial charge in [0.25, 0.3) is 0 Å². The second-order valence-electron chi connectivity index (χ2n) is 1.70. The third kappa shape index (κ3) is 1.88. The predicted molar refractivity (Wildman–Crippen MR) is 41.6 cm³/mol. The van der Waals surface area contributed by atoms with Gasteiger partial charge in [-0.3, -0.25) is 0 Å². The van der Waals surface area contributed by atoms with Gasteiger partial charge in [-0.1, -0.05) is 0 Å². The van der Waals surface area contributed by atoms with Crippen molar-refractivity contribution in [2.24, 2.45) is 0 Å². The maximum atomic E-state index is 5.06. The molecule has 0 aromatic carbocycles. The van der Waals surface area contributed by atoms with E-state index < -0.39 is 0 Å². The molecule has 0 spiro atoms. The molecule has 0 N–H and O–H groups in total.